The number of Topliss-reactive ketones (excluding diaryl/α,β-unsaturated/α-hetero) is 2. The molecule has 2 bridgehead atoms. The highest BCUT2D eigenvalue weighted by Gasteiger charge is 3.00. The van der Waals surface area contributed by atoms with Gasteiger partial charge in [0.25, 0.3) is 0 Å². The smallest absolute Gasteiger partial charge is 0.171 e. The quantitative estimate of drug-likeness (QED) is 0.672. The Bertz CT molecular complexity index is 827. The van der Waals surface area contributed by atoms with Crippen molar-refractivity contribution in [3.05, 3.63) is 47.5 Å². The van der Waals surface area contributed by atoms with Crippen LogP contribution in [0.5, 0.6) is 0 Å². The highest BCUT2D eigenvalue weighted by molar-refractivity contribution is 6.23. The Morgan fingerprint density at radius 1 is 0.708 bits per heavy atom. The Morgan fingerprint density at radius 3 is 1.46 bits per heavy atom. The van der Waals surface area contributed by atoms with Gasteiger partial charge in [-0.1, -0.05) is 36.4 Å². The zero-order valence-corrected chi connectivity index (χ0v) is 13.7. The molecule has 2 heteroatoms. The minimum absolute atomic E-state index is 0.161. The molecular weight excluding hydrogens is 296 g/mol. The molecule has 7 aliphatic rings. The molecule has 120 valence electrons. The summed E-state index contributed by atoms with van der Waals surface area (Å²) in [5.41, 5.74) is 0.990. The maximum atomic E-state index is 13.9. The van der Waals surface area contributed by atoms with Crippen LogP contribution in [0.15, 0.2) is 36.4 Å². The van der Waals surface area contributed by atoms with Crippen LogP contribution in [0.3, 0.4) is 0 Å². The van der Waals surface area contributed by atoms with E-state index in [9.17, 15) is 9.59 Å². The number of hydrogen-bond donors (Lipinski definition) is 0. The molecular formula is C22H20O2. The normalized spacial score (nSPS) is 46.3. The van der Waals surface area contributed by atoms with Gasteiger partial charge >= 0.3 is 0 Å². The molecule has 0 saturated heterocycles. The van der Waals surface area contributed by atoms with Crippen LogP contribution in [0.25, 0.3) is 0 Å². The first-order chi connectivity index (χ1) is 11.7. The summed E-state index contributed by atoms with van der Waals surface area (Å²) >= 11 is 0. The summed E-state index contributed by atoms with van der Waals surface area (Å²) in [6, 6.07) is 7.67. The Hall–Kier alpha value is -1.70. The zero-order chi connectivity index (χ0) is 15.9. The van der Waals surface area contributed by atoms with Crippen molar-refractivity contribution < 1.29 is 9.59 Å². The van der Waals surface area contributed by atoms with Gasteiger partial charge in [-0.25, -0.2) is 0 Å². The number of allylic oxidation sites excluding steroid dienone is 2. The molecule has 1 aromatic carbocycles. The van der Waals surface area contributed by atoms with E-state index in [2.05, 4.69) is 12.2 Å². The molecule has 4 fully saturated rings. The van der Waals surface area contributed by atoms with E-state index >= 15 is 0 Å². The lowest BCUT2D eigenvalue weighted by Gasteiger charge is -2.79. The van der Waals surface area contributed by atoms with E-state index in [-0.39, 0.29) is 21.7 Å². The van der Waals surface area contributed by atoms with Crippen LogP contribution >= 0.6 is 0 Å². The highest BCUT2D eigenvalue weighted by atomic mass is 16.1. The molecule has 0 unspecified atom stereocenters. The fourth-order valence-electron chi connectivity index (χ4n) is 8.71. The lowest BCUT2D eigenvalue weighted by atomic mass is 9.21. The van der Waals surface area contributed by atoms with Crippen molar-refractivity contribution in [3.8, 4) is 0 Å². The van der Waals surface area contributed by atoms with E-state index in [1.54, 1.807) is 0 Å². The van der Waals surface area contributed by atoms with Crippen LogP contribution in [-0.4, -0.2) is 11.6 Å². The van der Waals surface area contributed by atoms with Crippen LogP contribution < -0.4 is 0 Å². The fourth-order valence-corrected chi connectivity index (χ4v) is 8.71. The minimum atomic E-state index is -0.389. The predicted octanol–water partition coefficient (Wildman–Crippen LogP) is 4.21. The molecule has 1 aromatic rings. The van der Waals surface area contributed by atoms with Crippen molar-refractivity contribution in [3.63, 3.8) is 0 Å². The van der Waals surface area contributed by atoms with Gasteiger partial charge < -0.3 is 0 Å². The molecule has 4 saturated carbocycles. The summed E-state index contributed by atoms with van der Waals surface area (Å²) in [5.74, 6) is 1.24. The molecule has 4 atom stereocenters. The number of rotatable bonds is 0. The third-order valence-corrected chi connectivity index (χ3v) is 9.16. The maximum Gasteiger partial charge on any atom is 0.171 e. The van der Waals surface area contributed by atoms with Crippen LogP contribution in [0.4, 0.5) is 0 Å². The maximum absolute atomic E-state index is 13.9. The summed E-state index contributed by atoms with van der Waals surface area (Å²) in [6.45, 7) is 0. The number of hydrogen-bond acceptors (Lipinski definition) is 2. The molecule has 2 spiro atoms. The molecule has 0 N–H and O–H groups in total. The first kappa shape index (κ1) is 12.6. The average Bonchev–Trinajstić information content (AvgIpc) is 3.51. The number of carbonyl (C=O) groups excluding carboxylic acids is 2. The number of carbonyl (C=O) groups is 2. The molecule has 0 radical (unpaired) electrons. The molecule has 0 aliphatic heterocycles. The molecule has 2 nitrogen and oxygen atoms in total. The average molecular weight is 316 g/mol. The number of benzene rings is 1. The van der Waals surface area contributed by atoms with Gasteiger partial charge in [-0.3, -0.25) is 9.59 Å². The van der Waals surface area contributed by atoms with Gasteiger partial charge in [-0.15, -0.1) is 0 Å². The summed E-state index contributed by atoms with van der Waals surface area (Å²) < 4.78 is 0. The molecule has 8 rings (SSSR count). The lowest BCUT2D eigenvalue weighted by Crippen LogP contribution is -2.83. The van der Waals surface area contributed by atoms with Gasteiger partial charge in [-0.2, -0.15) is 0 Å². The van der Waals surface area contributed by atoms with Crippen LogP contribution in [0.2, 0.25) is 0 Å². The standard InChI is InChI=1S/C22H20O2/c23-17-15-3-1-2-4-16(15)18(24)22-14-7-5-13(6-8-14)21(17,22)19(9-10-19)20(22)11-12-20/h1-5,7,13-14H,6,8-12H2/t13-,14+,21+,22-. The number of fused-ring (bicyclic) bond motifs is 3. The molecule has 0 amide bonds. The van der Waals surface area contributed by atoms with Gasteiger partial charge in [0.05, 0.1) is 10.8 Å². The van der Waals surface area contributed by atoms with Crippen LogP contribution in [-0.2, 0) is 0 Å². The zero-order valence-electron chi connectivity index (χ0n) is 13.7. The predicted molar refractivity (Wildman–Crippen MR) is 88.7 cm³/mol. The van der Waals surface area contributed by atoms with Crippen molar-refractivity contribution in [1.29, 1.82) is 0 Å². The topological polar surface area (TPSA) is 34.1 Å². The lowest BCUT2D eigenvalue weighted by molar-refractivity contribution is -0.251. The van der Waals surface area contributed by atoms with Crippen molar-refractivity contribution in [2.24, 2.45) is 33.5 Å². The Balaban J connectivity index is 1.66. The summed E-state index contributed by atoms with van der Waals surface area (Å²) in [5, 5.41) is 0. The van der Waals surface area contributed by atoms with Gasteiger partial charge in [0.1, 0.15) is 0 Å². The first-order valence-corrected chi connectivity index (χ1v) is 9.54. The van der Waals surface area contributed by atoms with E-state index < -0.39 is 0 Å². The van der Waals surface area contributed by atoms with Crippen molar-refractivity contribution in [2.75, 3.05) is 0 Å². The third-order valence-electron chi connectivity index (χ3n) is 9.16. The molecule has 7 aliphatic carbocycles. The van der Waals surface area contributed by atoms with Crippen molar-refractivity contribution >= 4 is 11.6 Å². The van der Waals surface area contributed by atoms with Gasteiger partial charge in [0.2, 0.25) is 0 Å². The number of ketones is 2. The van der Waals surface area contributed by atoms with Crippen LogP contribution in [0.1, 0.15) is 59.2 Å². The van der Waals surface area contributed by atoms with E-state index in [0.29, 0.717) is 23.4 Å². The van der Waals surface area contributed by atoms with E-state index in [1.165, 1.54) is 25.7 Å². The van der Waals surface area contributed by atoms with Crippen LogP contribution in [0, 0.1) is 33.5 Å². The fraction of sp³-hybridized carbons (Fsp3) is 0.545. The first-order valence-electron chi connectivity index (χ1n) is 9.54. The second kappa shape index (κ2) is 3.21. The summed E-state index contributed by atoms with van der Waals surface area (Å²) in [6.07, 6.45) is 11.5. The largest absolute Gasteiger partial charge is 0.293 e. The highest BCUT2D eigenvalue weighted by Crippen LogP contribution is 3.00. The van der Waals surface area contributed by atoms with Gasteiger partial charge in [0.15, 0.2) is 11.6 Å². The Labute approximate surface area is 141 Å². The van der Waals surface area contributed by atoms with E-state index in [0.717, 1.165) is 24.0 Å². The van der Waals surface area contributed by atoms with Gasteiger partial charge in [-0.05, 0) is 61.2 Å². The molecule has 24 heavy (non-hydrogen) atoms. The summed E-state index contributed by atoms with van der Waals surface area (Å²) in [4.78, 5) is 27.9. The van der Waals surface area contributed by atoms with Crippen molar-refractivity contribution in [2.45, 2.75) is 38.5 Å². The summed E-state index contributed by atoms with van der Waals surface area (Å²) in [7, 11) is 0. The molecule has 0 aromatic heterocycles. The SMILES string of the molecule is O=C1c2ccccc2C(=O)[C@]23[C@@H]4C=C[C@@H](CC4)[C@]12C1(CC1)C31CC1. The third kappa shape index (κ3) is 0.799. The minimum Gasteiger partial charge on any atom is -0.293 e. The van der Waals surface area contributed by atoms with Gasteiger partial charge in [0, 0.05) is 11.1 Å². The second-order valence-corrected chi connectivity index (χ2v) is 9.16. The van der Waals surface area contributed by atoms with E-state index in [4.69, 9.17) is 0 Å². The van der Waals surface area contributed by atoms with E-state index in [1.807, 2.05) is 24.3 Å². The Kier molecular flexibility index (Phi) is 1.69. The Morgan fingerprint density at radius 2 is 1.12 bits per heavy atom. The monoisotopic (exact) mass is 316 g/mol. The van der Waals surface area contributed by atoms with Crippen molar-refractivity contribution in [1.82, 2.24) is 0 Å². The second-order valence-electron chi connectivity index (χ2n) is 9.16. The molecule has 0 heterocycles.